The minimum Gasteiger partial charge on any atom is -0.373 e. The summed E-state index contributed by atoms with van der Waals surface area (Å²) in [5.74, 6) is 0. The molecule has 0 spiro atoms. The number of para-hydroxylation sites is 1. The summed E-state index contributed by atoms with van der Waals surface area (Å²) in [5.41, 5.74) is 2.82. The van der Waals surface area contributed by atoms with Gasteiger partial charge in [-0.15, -0.1) is 0 Å². The van der Waals surface area contributed by atoms with Crippen LogP contribution in [0, 0.1) is 0 Å². The first-order chi connectivity index (χ1) is 10.3. The van der Waals surface area contributed by atoms with Gasteiger partial charge in [-0.05, 0) is 50.5 Å². The topological polar surface area (TPSA) is 18.5 Å². The monoisotopic (exact) mass is 289 g/mol. The maximum atomic E-state index is 3.60. The Kier molecular flexibility index (Phi) is 6.52. The minimum absolute atomic E-state index is 0.459. The summed E-state index contributed by atoms with van der Waals surface area (Å²) in [6, 6.07) is 9.31. The molecule has 0 radical (unpaired) electrons. The molecular weight excluding hydrogens is 258 g/mol. The minimum atomic E-state index is 0.459. The van der Waals surface area contributed by atoms with Crippen molar-refractivity contribution < 1.29 is 0 Å². The lowest BCUT2D eigenvalue weighted by Crippen LogP contribution is -2.32. The van der Waals surface area contributed by atoms with Gasteiger partial charge in [-0.25, -0.2) is 0 Å². The van der Waals surface area contributed by atoms with Crippen LogP contribution in [0.4, 0.5) is 5.69 Å². The van der Waals surface area contributed by atoms with E-state index in [0.717, 1.165) is 19.5 Å². The number of anilines is 1. The summed E-state index contributed by atoms with van der Waals surface area (Å²) in [7, 11) is 2.23. The second-order valence-corrected chi connectivity index (χ2v) is 6.05. The Morgan fingerprint density at radius 1 is 1.19 bits per heavy atom. The zero-order chi connectivity index (χ0) is 15.1. The Morgan fingerprint density at radius 2 is 1.90 bits per heavy atom. The summed E-state index contributed by atoms with van der Waals surface area (Å²) in [6.45, 7) is 10.3. The Balaban J connectivity index is 2.03. The predicted molar refractivity (Wildman–Crippen MR) is 92.1 cm³/mol. The molecule has 1 N–H and O–H groups in total. The van der Waals surface area contributed by atoms with E-state index in [4.69, 9.17) is 0 Å². The molecule has 1 aliphatic heterocycles. The molecule has 118 valence electrons. The molecule has 0 saturated carbocycles. The molecule has 3 nitrogen and oxygen atoms in total. The number of likely N-dealkylation sites (tertiary alicyclic amines) is 1. The molecule has 1 heterocycles. The van der Waals surface area contributed by atoms with Gasteiger partial charge in [-0.1, -0.05) is 32.0 Å². The smallest absolute Gasteiger partial charge is 0.0412 e. The summed E-state index contributed by atoms with van der Waals surface area (Å²) >= 11 is 0. The highest BCUT2D eigenvalue weighted by Gasteiger charge is 2.16. The standard InChI is InChI=1S/C18H31N3/c1-4-17(19-5-2)16-10-6-7-11-18(16)20(3)14-15-21-12-8-9-13-21/h6-7,10-11,17,19H,4-5,8-9,12-15H2,1-3H3. The van der Waals surface area contributed by atoms with Gasteiger partial charge in [0.25, 0.3) is 0 Å². The molecule has 1 aromatic rings. The van der Waals surface area contributed by atoms with E-state index in [2.05, 4.69) is 60.3 Å². The van der Waals surface area contributed by atoms with Gasteiger partial charge in [0.1, 0.15) is 0 Å². The Morgan fingerprint density at radius 3 is 2.57 bits per heavy atom. The van der Waals surface area contributed by atoms with Crippen molar-refractivity contribution in [2.24, 2.45) is 0 Å². The van der Waals surface area contributed by atoms with Crippen LogP contribution in [0.1, 0.15) is 44.7 Å². The first-order valence-corrected chi connectivity index (χ1v) is 8.52. The SMILES string of the molecule is CCNC(CC)c1ccccc1N(C)CCN1CCCC1. The van der Waals surface area contributed by atoms with E-state index < -0.39 is 0 Å². The fraction of sp³-hybridized carbons (Fsp3) is 0.667. The van der Waals surface area contributed by atoms with Crippen LogP contribution in [0.2, 0.25) is 0 Å². The van der Waals surface area contributed by atoms with Crippen molar-refractivity contribution in [1.29, 1.82) is 0 Å². The quantitative estimate of drug-likeness (QED) is 0.792. The van der Waals surface area contributed by atoms with Crippen molar-refractivity contribution in [3.05, 3.63) is 29.8 Å². The van der Waals surface area contributed by atoms with Crippen molar-refractivity contribution >= 4 is 5.69 Å². The van der Waals surface area contributed by atoms with Gasteiger partial charge >= 0.3 is 0 Å². The third kappa shape index (κ3) is 4.45. The molecule has 1 atom stereocenters. The summed E-state index contributed by atoms with van der Waals surface area (Å²) < 4.78 is 0. The fourth-order valence-electron chi connectivity index (χ4n) is 3.27. The zero-order valence-corrected chi connectivity index (χ0v) is 13.9. The highest BCUT2D eigenvalue weighted by molar-refractivity contribution is 5.54. The second kappa shape index (κ2) is 8.40. The average molecular weight is 289 g/mol. The number of hydrogen-bond donors (Lipinski definition) is 1. The van der Waals surface area contributed by atoms with E-state index in [0.29, 0.717) is 6.04 Å². The zero-order valence-electron chi connectivity index (χ0n) is 13.9. The summed E-state index contributed by atoms with van der Waals surface area (Å²) in [4.78, 5) is 5.01. The average Bonchev–Trinajstić information content (AvgIpc) is 3.04. The molecule has 0 bridgehead atoms. The second-order valence-electron chi connectivity index (χ2n) is 6.05. The predicted octanol–water partition coefficient (Wildman–Crippen LogP) is 3.28. The van der Waals surface area contributed by atoms with Crippen LogP contribution in [-0.2, 0) is 0 Å². The van der Waals surface area contributed by atoms with Gasteiger partial charge in [0.2, 0.25) is 0 Å². The lowest BCUT2D eigenvalue weighted by atomic mass is 10.0. The Bertz CT molecular complexity index is 413. The van der Waals surface area contributed by atoms with Gasteiger partial charge in [0.05, 0.1) is 0 Å². The summed E-state index contributed by atoms with van der Waals surface area (Å²) in [5, 5.41) is 3.60. The van der Waals surface area contributed by atoms with Crippen molar-refractivity contribution in [2.45, 2.75) is 39.2 Å². The molecule has 21 heavy (non-hydrogen) atoms. The van der Waals surface area contributed by atoms with E-state index >= 15 is 0 Å². The number of hydrogen-bond acceptors (Lipinski definition) is 3. The molecule has 0 aromatic heterocycles. The van der Waals surface area contributed by atoms with E-state index in [1.807, 2.05) is 0 Å². The van der Waals surface area contributed by atoms with Gasteiger partial charge in [0, 0.05) is 31.9 Å². The van der Waals surface area contributed by atoms with Crippen LogP contribution < -0.4 is 10.2 Å². The van der Waals surface area contributed by atoms with Crippen LogP contribution in [0.5, 0.6) is 0 Å². The Labute approximate surface area is 130 Å². The maximum absolute atomic E-state index is 3.60. The van der Waals surface area contributed by atoms with Crippen LogP contribution >= 0.6 is 0 Å². The third-order valence-electron chi connectivity index (χ3n) is 4.53. The third-order valence-corrected chi connectivity index (χ3v) is 4.53. The van der Waals surface area contributed by atoms with Crippen LogP contribution in [0.25, 0.3) is 0 Å². The number of nitrogens with zero attached hydrogens (tertiary/aromatic N) is 2. The first kappa shape index (κ1) is 16.3. The summed E-state index contributed by atoms with van der Waals surface area (Å²) in [6.07, 6.45) is 3.88. The lowest BCUT2D eigenvalue weighted by molar-refractivity contribution is 0.346. The maximum Gasteiger partial charge on any atom is 0.0412 e. The molecule has 3 heteroatoms. The molecule has 2 rings (SSSR count). The molecule has 0 amide bonds. The number of likely N-dealkylation sites (N-methyl/N-ethyl adjacent to an activating group) is 1. The molecule has 1 fully saturated rings. The molecule has 0 aliphatic carbocycles. The molecule has 1 unspecified atom stereocenters. The lowest BCUT2D eigenvalue weighted by Gasteiger charge is -2.28. The largest absolute Gasteiger partial charge is 0.373 e. The number of nitrogens with one attached hydrogen (secondary N) is 1. The van der Waals surface area contributed by atoms with E-state index in [9.17, 15) is 0 Å². The van der Waals surface area contributed by atoms with Gasteiger partial charge in [-0.2, -0.15) is 0 Å². The van der Waals surface area contributed by atoms with Gasteiger partial charge in [0.15, 0.2) is 0 Å². The van der Waals surface area contributed by atoms with Crippen LogP contribution in [-0.4, -0.2) is 44.7 Å². The number of benzene rings is 1. The van der Waals surface area contributed by atoms with Crippen molar-refractivity contribution in [3.63, 3.8) is 0 Å². The number of rotatable bonds is 8. The highest BCUT2D eigenvalue weighted by Crippen LogP contribution is 2.27. The van der Waals surface area contributed by atoms with Crippen molar-refractivity contribution in [1.82, 2.24) is 10.2 Å². The molecule has 1 saturated heterocycles. The van der Waals surface area contributed by atoms with Gasteiger partial charge in [-0.3, -0.25) is 0 Å². The van der Waals surface area contributed by atoms with Gasteiger partial charge < -0.3 is 15.1 Å². The molecule has 1 aromatic carbocycles. The van der Waals surface area contributed by atoms with E-state index in [1.165, 1.54) is 43.7 Å². The normalized spacial score (nSPS) is 17.1. The van der Waals surface area contributed by atoms with E-state index in [-0.39, 0.29) is 0 Å². The molecular formula is C18H31N3. The van der Waals surface area contributed by atoms with Crippen LogP contribution in [0.3, 0.4) is 0 Å². The Hall–Kier alpha value is -1.06. The van der Waals surface area contributed by atoms with Crippen molar-refractivity contribution in [2.75, 3.05) is 44.7 Å². The first-order valence-electron chi connectivity index (χ1n) is 8.52. The van der Waals surface area contributed by atoms with Crippen molar-refractivity contribution in [3.8, 4) is 0 Å². The molecule has 1 aliphatic rings. The van der Waals surface area contributed by atoms with Crippen LogP contribution in [0.15, 0.2) is 24.3 Å². The highest BCUT2D eigenvalue weighted by atomic mass is 15.2. The van der Waals surface area contributed by atoms with E-state index in [1.54, 1.807) is 0 Å². The fourth-order valence-corrected chi connectivity index (χ4v) is 3.27.